The van der Waals surface area contributed by atoms with Gasteiger partial charge in [0.25, 0.3) is 0 Å². The van der Waals surface area contributed by atoms with Crippen molar-refractivity contribution in [2.45, 2.75) is 6.54 Å². The normalized spacial score (nSPS) is 13.4. The lowest BCUT2D eigenvalue weighted by Crippen LogP contribution is -2.12. The monoisotopic (exact) mass is 245 g/mol. The number of anilines is 3. The zero-order chi connectivity index (χ0) is 11.8. The molecule has 0 fully saturated rings. The third-order valence-corrected chi connectivity index (χ3v) is 3.06. The highest BCUT2D eigenvalue weighted by atomic mass is 35.5. The fourth-order valence-electron chi connectivity index (χ4n) is 2.00. The van der Waals surface area contributed by atoms with Crippen LogP contribution < -0.4 is 10.4 Å². The Hall–Kier alpha value is -1.71. The largest absolute Gasteiger partial charge is 0.758 e. The molecule has 0 saturated heterocycles. The zero-order valence-electron chi connectivity index (χ0n) is 8.98. The predicted octanol–water partition coefficient (Wildman–Crippen LogP) is 3.90. The Bertz CT molecular complexity index is 571. The van der Waals surface area contributed by atoms with E-state index in [2.05, 4.69) is 5.32 Å². The van der Waals surface area contributed by atoms with Gasteiger partial charge >= 0.3 is 0 Å². The molecule has 1 aliphatic heterocycles. The number of para-hydroxylation sites is 2. The Balaban J connectivity index is 2.13. The molecule has 0 unspecified atom stereocenters. The molecule has 2 aromatic rings. The van der Waals surface area contributed by atoms with Crippen molar-refractivity contribution in [3.63, 3.8) is 0 Å². The smallest absolute Gasteiger partial charge is 0.0614 e. The molecule has 0 aromatic heterocycles. The van der Waals surface area contributed by atoms with Gasteiger partial charge in [0.15, 0.2) is 0 Å². The van der Waals surface area contributed by atoms with Gasteiger partial charge in [-0.05, 0) is 35.9 Å². The van der Waals surface area contributed by atoms with Crippen molar-refractivity contribution in [3.05, 3.63) is 58.3 Å². The number of hydrogen-bond acceptors (Lipinski definition) is 3. The summed E-state index contributed by atoms with van der Waals surface area (Å²) in [6.07, 6.45) is 0. The first-order valence-electron chi connectivity index (χ1n) is 5.33. The number of benzene rings is 2. The molecule has 0 spiro atoms. The summed E-state index contributed by atoms with van der Waals surface area (Å²) in [5.74, 6) is 0. The van der Waals surface area contributed by atoms with Gasteiger partial charge in [0.05, 0.1) is 11.4 Å². The molecule has 17 heavy (non-hydrogen) atoms. The fourth-order valence-corrected chi connectivity index (χ4v) is 2.19. The van der Waals surface area contributed by atoms with Gasteiger partial charge in [-0.2, -0.15) is 0 Å². The minimum absolute atomic E-state index is 0.305. The van der Waals surface area contributed by atoms with E-state index in [4.69, 9.17) is 11.6 Å². The molecule has 0 bridgehead atoms. The first-order chi connectivity index (χ1) is 8.24. The predicted molar refractivity (Wildman–Crippen MR) is 70.7 cm³/mol. The highest BCUT2D eigenvalue weighted by Crippen LogP contribution is 2.35. The number of nitrogens with one attached hydrogen (secondary N) is 1. The maximum absolute atomic E-state index is 12.0. The maximum Gasteiger partial charge on any atom is 0.0614 e. The van der Waals surface area contributed by atoms with Crippen LogP contribution in [0, 0.1) is 5.21 Å². The van der Waals surface area contributed by atoms with Crippen molar-refractivity contribution in [2.24, 2.45) is 0 Å². The lowest BCUT2D eigenvalue weighted by Gasteiger charge is -2.30. The molecule has 0 saturated carbocycles. The third kappa shape index (κ3) is 1.84. The first-order valence-corrected chi connectivity index (χ1v) is 5.71. The van der Waals surface area contributed by atoms with E-state index < -0.39 is 0 Å². The average Bonchev–Trinajstić information content (AvgIpc) is 2.46. The minimum atomic E-state index is 0.305. The van der Waals surface area contributed by atoms with Crippen LogP contribution in [-0.4, -0.2) is 0 Å². The summed E-state index contributed by atoms with van der Waals surface area (Å²) in [6, 6.07) is 13.0. The van der Waals surface area contributed by atoms with Crippen LogP contribution in [0.2, 0.25) is 5.02 Å². The van der Waals surface area contributed by atoms with E-state index in [0.29, 0.717) is 17.3 Å². The molecule has 0 atom stereocenters. The molecule has 3 nitrogen and oxygen atoms in total. The van der Waals surface area contributed by atoms with Crippen molar-refractivity contribution in [1.29, 1.82) is 0 Å². The molecule has 1 aliphatic rings. The summed E-state index contributed by atoms with van der Waals surface area (Å²) in [4.78, 5) is 0. The second kappa shape index (κ2) is 3.95. The van der Waals surface area contributed by atoms with Crippen LogP contribution in [0.5, 0.6) is 0 Å². The van der Waals surface area contributed by atoms with E-state index in [9.17, 15) is 5.21 Å². The summed E-state index contributed by atoms with van der Waals surface area (Å²) in [7, 11) is 0. The van der Waals surface area contributed by atoms with Gasteiger partial charge in [-0.15, -0.1) is 0 Å². The van der Waals surface area contributed by atoms with Crippen molar-refractivity contribution in [3.8, 4) is 0 Å². The first kappa shape index (κ1) is 10.4. The van der Waals surface area contributed by atoms with Crippen LogP contribution in [0.3, 0.4) is 0 Å². The van der Waals surface area contributed by atoms with Crippen LogP contribution in [-0.2, 0) is 6.54 Å². The molecule has 2 aromatic carbocycles. The van der Waals surface area contributed by atoms with Gasteiger partial charge in [-0.25, -0.2) is 0 Å². The van der Waals surface area contributed by atoms with Gasteiger partial charge in [0.1, 0.15) is 0 Å². The van der Waals surface area contributed by atoms with Gasteiger partial charge < -0.3 is 15.6 Å². The van der Waals surface area contributed by atoms with E-state index in [1.165, 1.54) is 0 Å². The molecule has 1 N–H and O–H groups in total. The van der Waals surface area contributed by atoms with Gasteiger partial charge in [-0.3, -0.25) is 0 Å². The fraction of sp³-hybridized carbons (Fsp3) is 0.0769. The Morgan fingerprint density at radius 3 is 2.82 bits per heavy atom. The Labute approximate surface area is 104 Å². The average molecular weight is 246 g/mol. The van der Waals surface area contributed by atoms with Crippen molar-refractivity contribution < 1.29 is 0 Å². The van der Waals surface area contributed by atoms with Gasteiger partial charge in [0.2, 0.25) is 0 Å². The minimum Gasteiger partial charge on any atom is -0.758 e. The van der Waals surface area contributed by atoms with Crippen LogP contribution in [0.4, 0.5) is 17.1 Å². The second-order valence-corrected chi connectivity index (χ2v) is 4.42. The number of rotatable bonds is 0. The van der Waals surface area contributed by atoms with Crippen LogP contribution in [0.1, 0.15) is 5.56 Å². The number of nitrogens with zero attached hydrogens (tertiary/aromatic N) is 1. The number of hydroxylamine groups is 1. The maximum atomic E-state index is 12.0. The van der Waals surface area contributed by atoms with E-state index in [1.54, 1.807) is 0 Å². The molecule has 4 heteroatoms. The van der Waals surface area contributed by atoms with E-state index in [0.717, 1.165) is 22.0 Å². The number of fused-ring (bicyclic) bond motifs is 2. The summed E-state index contributed by atoms with van der Waals surface area (Å²) in [5, 5.41) is 16.9. The molecule has 1 heterocycles. The standard InChI is InChI=1S/C13H10ClN2O/c14-10-5-6-11-9(7-10)8-16(17)13-4-2-1-3-12(13)15-11/h1-7,15H,8H2/q-1. The third-order valence-electron chi connectivity index (χ3n) is 2.82. The van der Waals surface area contributed by atoms with Gasteiger partial charge in [-0.1, -0.05) is 23.7 Å². The highest BCUT2D eigenvalue weighted by Gasteiger charge is 2.13. The Morgan fingerprint density at radius 1 is 1.12 bits per heavy atom. The lowest BCUT2D eigenvalue weighted by molar-refractivity contribution is 0.987. The number of hydrogen-bond donors (Lipinski definition) is 1. The Kier molecular flexibility index (Phi) is 2.42. The van der Waals surface area contributed by atoms with E-state index in [1.807, 2.05) is 42.5 Å². The van der Waals surface area contributed by atoms with Crippen molar-refractivity contribution in [1.82, 2.24) is 0 Å². The van der Waals surface area contributed by atoms with Crippen LogP contribution >= 0.6 is 11.6 Å². The topological polar surface area (TPSA) is 38.3 Å². The van der Waals surface area contributed by atoms with Crippen molar-refractivity contribution >= 4 is 28.7 Å². The summed E-state index contributed by atoms with van der Waals surface area (Å²) < 4.78 is 0. The lowest BCUT2D eigenvalue weighted by atomic mass is 10.2. The highest BCUT2D eigenvalue weighted by molar-refractivity contribution is 6.30. The molecule has 3 rings (SSSR count). The van der Waals surface area contributed by atoms with Crippen molar-refractivity contribution in [2.75, 3.05) is 10.4 Å². The summed E-state index contributed by atoms with van der Waals surface area (Å²) >= 11 is 5.94. The van der Waals surface area contributed by atoms with Crippen LogP contribution in [0.25, 0.3) is 0 Å². The SMILES string of the molecule is [O-]N1Cc2cc(Cl)ccc2Nc2ccccc21. The van der Waals surface area contributed by atoms with E-state index >= 15 is 0 Å². The summed E-state index contributed by atoms with van der Waals surface area (Å²) in [6.45, 7) is 0.305. The molecular weight excluding hydrogens is 236 g/mol. The molecule has 86 valence electrons. The molecule has 0 aliphatic carbocycles. The van der Waals surface area contributed by atoms with Crippen LogP contribution in [0.15, 0.2) is 42.5 Å². The summed E-state index contributed by atoms with van der Waals surface area (Å²) in [5.41, 5.74) is 3.31. The Morgan fingerprint density at radius 2 is 1.94 bits per heavy atom. The quantitative estimate of drug-likeness (QED) is 0.765. The molecular formula is C13H10ClN2O-. The van der Waals surface area contributed by atoms with Gasteiger partial charge in [0, 0.05) is 17.3 Å². The van der Waals surface area contributed by atoms with E-state index in [-0.39, 0.29) is 0 Å². The molecule has 0 amide bonds. The number of halogens is 1. The zero-order valence-corrected chi connectivity index (χ0v) is 9.74. The molecule has 0 radical (unpaired) electrons. The second-order valence-electron chi connectivity index (χ2n) is 3.98.